The Kier molecular flexibility index (Phi) is 7.55. The third-order valence-corrected chi connectivity index (χ3v) is 5.27. The van der Waals surface area contributed by atoms with E-state index in [2.05, 4.69) is 62.7 Å². The molecule has 3 heterocycles. The highest BCUT2D eigenvalue weighted by Crippen LogP contribution is 2.23. The number of aromatic nitrogens is 3. The van der Waals surface area contributed by atoms with Crippen LogP contribution in [0.5, 0.6) is 0 Å². The number of halogens is 4. The number of alkyl halides is 3. The molecule has 3 rings (SSSR count). The number of thiophene rings is 1. The molecule has 3 aromatic heterocycles. The summed E-state index contributed by atoms with van der Waals surface area (Å²) in [4.78, 5) is 13.4. The van der Waals surface area contributed by atoms with Crippen LogP contribution < -0.4 is 5.32 Å². The maximum absolute atomic E-state index is 10.6. The van der Waals surface area contributed by atoms with Crippen LogP contribution in [-0.4, -0.2) is 32.0 Å². The average Bonchev–Trinajstić information content (AvgIpc) is 3.24. The smallest absolute Gasteiger partial charge is 0.475 e. The molecule has 0 bridgehead atoms. The van der Waals surface area contributed by atoms with Gasteiger partial charge in [0.05, 0.1) is 20.4 Å². The van der Waals surface area contributed by atoms with Gasteiger partial charge in [-0.2, -0.15) is 18.3 Å². The minimum absolute atomic E-state index is 0.239. The molecule has 0 saturated heterocycles. The summed E-state index contributed by atoms with van der Waals surface area (Å²) < 4.78 is 36.0. The predicted octanol–water partition coefficient (Wildman–Crippen LogP) is 4.76. The van der Waals surface area contributed by atoms with Crippen LogP contribution in [0.2, 0.25) is 0 Å². The molecular formula is C17H18BrF3N4O2S. The van der Waals surface area contributed by atoms with E-state index in [4.69, 9.17) is 9.90 Å². The second-order valence-electron chi connectivity index (χ2n) is 5.76. The first-order chi connectivity index (χ1) is 13.1. The Morgan fingerprint density at radius 3 is 2.71 bits per heavy atom. The van der Waals surface area contributed by atoms with E-state index in [1.165, 1.54) is 10.3 Å². The molecule has 0 aliphatic rings. The van der Waals surface area contributed by atoms with Crippen molar-refractivity contribution >= 4 is 43.5 Å². The number of rotatable bonds is 5. The molecule has 0 aromatic carbocycles. The highest BCUT2D eigenvalue weighted by atomic mass is 79.9. The van der Waals surface area contributed by atoms with Gasteiger partial charge in [-0.25, -0.2) is 4.79 Å². The van der Waals surface area contributed by atoms with Crippen LogP contribution in [-0.2, 0) is 17.9 Å². The summed E-state index contributed by atoms with van der Waals surface area (Å²) in [5, 5.41) is 17.2. The van der Waals surface area contributed by atoms with E-state index in [1.54, 1.807) is 11.3 Å². The van der Waals surface area contributed by atoms with Crippen LogP contribution in [0.4, 0.5) is 13.2 Å². The standard InChI is InChI=1S/C15H17BrN4S.C2HF3O2/c1-3-20-9-12(16)14(19-20)8-17-10(2)11-6-15-13(18-7-11)4-5-21-15;3-2(4,5)1(6)7/h4-7,9-10,17H,3,8H2,1-2H3;(H,6,7). The second kappa shape index (κ2) is 9.48. The molecule has 0 amide bonds. The molecule has 2 N–H and O–H groups in total. The van der Waals surface area contributed by atoms with Crippen molar-refractivity contribution in [2.75, 3.05) is 0 Å². The normalized spacial score (nSPS) is 12.5. The van der Waals surface area contributed by atoms with Crippen molar-refractivity contribution in [3.8, 4) is 0 Å². The first-order valence-corrected chi connectivity index (χ1v) is 9.87. The predicted molar refractivity (Wildman–Crippen MR) is 104 cm³/mol. The molecule has 1 unspecified atom stereocenters. The van der Waals surface area contributed by atoms with Gasteiger partial charge in [0.1, 0.15) is 0 Å². The van der Waals surface area contributed by atoms with Gasteiger partial charge in [0, 0.05) is 31.5 Å². The summed E-state index contributed by atoms with van der Waals surface area (Å²) in [5.41, 5.74) is 3.31. The first kappa shape index (κ1) is 22.3. The second-order valence-corrected chi connectivity index (χ2v) is 7.56. The molecule has 0 spiro atoms. The van der Waals surface area contributed by atoms with Gasteiger partial charge in [-0.05, 0) is 52.9 Å². The van der Waals surface area contributed by atoms with E-state index >= 15 is 0 Å². The molecule has 6 nitrogen and oxygen atoms in total. The molecule has 0 radical (unpaired) electrons. The highest BCUT2D eigenvalue weighted by molar-refractivity contribution is 9.10. The van der Waals surface area contributed by atoms with Crippen LogP contribution in [0.25, 0.3) is 10.2 Å². The Labute approximate surface area is 171 Å². The summed E-state index contributed by atoms with van der Waals surface area (Å²) in [6.45, 7) is 5.85. The van der Waals surface area contributed by atoms with Gasteiger partial charge in [-0.3, -0.25) is 9.67 Å². The van der Waals surface area contributed by atoms with Crippen molar-refractivity contribution in [3.63, 3.8) is 0 Å². The van der Waals surface area contributed by atoms with E-state index < -0.39 is 12.1 Å². The summed E-state index contributed by atoms with van der Waals surface area (Å²) in [7, 11) is 0. The molecule has 0 saturated carbocycles. The highest BCUT2D eigenvalue weighted by Gasteiger charge is 2.38. The van der Waals surface area contributed by atoms with Gasteiger partial charge < -0.3 is 10.4 Å². The van der Waals surface area contributed by atoms with Crippen LogP contribution >= 0.6 is 27.3 Å². The summed E-state index contributed by atoms with van der Waals surface area (Å²) in [5.74, 6) is -2.76. The van der Waals surface area contributed by atoms with Gasteiger partial charge in [0.25, 0.3) is 0 Å². The SMILES string of the molecule is CCn1cc(Br)c(CNC(C)c2cnc3ccsc3c2)n1.O=C(O)C(F)(F)F. The Hall–Kier alpha value is -1.98. The minimum Gasteiger partial charge on any atom is -0.475 e. The quantitative estimate of drug-likeness (QED) is 0.552. The maximum Gasteiger partial charge on any atom is 0.490 e. The summed E-state index contributed by atoms with van der Waals surface area (Å²) >= 11 is 5.29. The number of aliphatic carboxylic acids is 1. The maximum atomic E-state index is 10.6. The number of carboxylic acid groups (broad SMARTS) is 1. The lowest BCUT2D eigenvalue weighted by Crippen LogP contribution is -2.21. The number of carboxylic acids is 1. The Bertz CT molecular complexity index is 942. The number of pyridine rings is 1. The van der Waals surface area contributed by atoms with E-state index in [0.29, 0.717) is 0 Å². The van der Waals surface area contributed by atoms with Crippen LogP contribution in [0, 0.1) is 0 Å². The third kappa shape index (κ3) is 6.01. The fraction of sp³-hybridized carbons (Fsp3) is 0.353. The van der Waals surface area contributed by atoms with Gasteiger partial charge >= 0.3 is 12.1 Å². The Balaban J connectivity index is 0.000000345. The van der Waals surface area contributed by atoms with Gasteiger partial charge in [0.2, 0.25) is 0 Å². The number of aryl methyl sites for hydroxylation is 1. The number of fused-ring (bicyclic) bond motifs is 1. The van der Waals surface area contributed by atoms with Gasteiger partial charge in [0.15, 0.2) is 0 Å². The van der Waals surface area contributed by atoms with Crippen molar-refractivity contribution in [1.29, 1.82) is 0 Å². The van der Waals surface area contributed by atoms with Crippen molar-refractivity contribution in [1.82, 2.24) is 20.1 Å². The summed E-state index contributed by atoms with van der Waals surface area (Å²) in [6.07, 6.45) is -1.12. The number of carbonyl (C=O) groups is 1. The van der Waals surface area contributed by atoms with Crippen molar-refractivity contribution in [3.05, 3.63) is 45.6 Å². The lowest BCUT2D eigenvalue weighted by Gasteiger charge is -2.13. The molecule has 11 heteroatoms. The van der Waals surface area contributed by atoms with Gasteiger partial charge in [-0.1, -0.05) is 0 Å². The first-order valence-electron chi connectivity index (χ1n) is 8.20. The Morgan fingerprint density at radius 1 is 1.46 bits per heavy atom. The van der Waals surface area contributed by atoms with Gasteiger partial charge in [-0.15, -0.1) is 11.3 Å². The molecule has 0 aliphatic carbocycles. The molecule has 28 heavy (non-hydrogen) atoms. The fourth-order valence-electron chi connectivity index (χ4n) is 2.18. The molecule has 152 valence electrons. The monoisotopic (exact) mass is 478 g/mol. The molecule has 1 atom stereocenters. The van der Waals surface area contributed by atoms with Crippen LogP contribution in [0.1, 0.15) is 31.1 Å². The number of hydrogen-bond acceptors (Lipinski definition) is 5. The number of hydrogen-bond donors (Lipinski definition) is 2. The van der Waals surface area contributed by atoms with Crippen molar-refractivity contribution < 1.29 is 23.1 Å². The Morgan fingerprint density at radius 2 is 2.14 bits per heavy atom. The lowest BCUT2D eigenvalue weighted by molar-refractivity contribution is -0.192. The minimum atomic E-state index is -5.08. The topological polar surface area (TPSA) is 80.0 Å². The fourth-order valence-corrected chi connectivity index (χ4v) is 3.43. The number of nitrogens with zero attached hydrogens (tertiary/aromatic N) is 3. The zero-order valence-electron chi connectivity index (χ0n) is 15.0. The van der Waals surface area contributed by atoms with Crippen LogP contribution in [0.3, 0.4) is 0 Å². The number of nitrogens with one attached hydrogen (secondary N) is 1. The summed E-state index contributed by atoms with van der Waals surface area (Å²) in [6, 6.07) is 4.50. The molecule has 0 fully saturated rings. The zero-order chi connectivity index (χ0) is 20.9. The zero-order valence-corrected chi connectivity index (χ0v) is 17.4. The van der Waals surface area contributed by atoms with Crippen molar-refractivity contribution in [2.24, 2.45) is 0 Å². The van der Waals surface area contributed by atoms with E-state index in [0.717, 1.165) is 28.8 Å². The van der Waals surface area contributed by atoms with E-state index in [9.17, 15) is 13.2 Å². The largest absolute Gasteiger partial charge is 0.490 e. The van der Waals surface area contributed by atoms with E-state index in [1.807, 2.05) is 17.1 Å². The lowest BCUT2D eigenvalue weighted by atomic mass is 10.1. The van der Waals surface area contributed by atoms with E-state index in [-0.39, 0.29) is 6.04 Å². The van der Waals surface area contributed by atoms with Crippen LogP contribution in [0.15, 0.2) is 34.4 Å². The molecule has 0 aliphatic heterocycles. The third-order valence-electron chi connectivity index (χ3n) is 3.75. The average molecular weight is 479 g/mol. The van der Waals surface area contributed by atoms with Crippen molar-refractivity contribution in [2.45, 2.75) is 39.2 Å². The molecular weight excluding hydrogens is 461 g/mol. The molecule has 3 aromatic rings.